The fourth-order valence-corrected chi connectivity index (χ4v) is 5.44. The van der Waals surface area contributed by atoms with Gasteiger partial charge in [-0.25, -0.2) is 4.39 Å². The van der Waals surface area contributed by atoms with Gasteiger partial charge in [-0.3, -0.25) is 9.69 Å². The van der Waals surface area contributed by atoms with Crippen LogP contribution in [0.5, 0.6) is 11.5 Å². The number of nitrogens with zero attached hydrogens (tertiary/aromatic N) is 1. The zero-order chi connectivity index (χ0) is 23.5. The Morgan fingerprint density at radius 2 is 1.91 bits per heavy atom. The van der Waals surface area contributed by atoms with Gasteiger partial charge in [0.15, 0.2) is 15.8 Å². The van der Waals surface area contributed by atoms with Gasteiger partial charge in [0.2, 0.25) is 0 Å². The summed E-state index contributed by atoms with van der Waals surface area (Å²) in [5, 5.41) is 0.625. The van der Waals surface area contributed by atoms with Crippen LogP contribution in [0.2, 0.25) is 5.02 Å². The molecule has 3 aromatic rings. The van der Waals surface area contributed by atoms with Crippen molar-refractivity contribution in [3.63, 3.8) is 0 Å². The molecular weight excluding hydrogens is 596 g/mol. The molecule has 9 heteroatoms. The molecule has 1 amide bonds. The molecule has 1 aliphatic heterocycles. The van der Waals surface area contributed by atoms with Gasteiger partial charge in [-0.2, -0.15) is 0 Å². The van der Waals surface area contributed by atoms with Gasteiger partial charge in [0.1, 0.15) is 12.4 Å². The van der Waals surface area contributed by atoms with Crippen LogP contribution < -0.4 is 14.4 Å². The number of thioether (sulfide) groups is 1. The summed E-state index contributed by atoms with van der Waals surface area (Å²) in [6.07, 6.45) is 1.71. The van der Waals surface area contributed by atoms with Crippen molar-refractivity contribution in [3.05, 3.63) is 91.1 Å². The average Bonchev–Trinajstić information content (AvgIpc) is 3.06. The number of hydrogen-bond donors (Lipinski definition) is 0. The zero-order valence-electron chi connectivity index (χ0n) is 17.2. The quantitative estimate of drug-likeness (QED) is 0.169. The molecule has 1 aliphatic rings. The van der Waals surface area contributed by atoms with E-state index in [-0.39, 0.29) is 22.5 Å². The monoisotopic (exact) mass is 611 g/mol. The van der Waals surface area contributed by atoms with Gasteiger partial charge in [0.25, 0.3) is 5.91 Å². The Kier molecular flexibility index (Phi) is 7.58. The number of ether oxygens (including phenoxy) is 2. The van der Waals surface area contributed by atoms with E-state index in [1.807, 2.05) is 30.3 Å². The summed E-state index contributed by atoms with van der Waals surface area (Å²) < 4.78 is 26.8. The molecule has 0 radical (unpaired) electrons. The van der Waals surface area contributed by atoms with Gasteiger partial charge in [-0.05, 0) is 64.6 Å². The Labute approximate surface area is 218 Å². The highest BCUT2D eigenvalue weighted by atomic mass is 127. The van der Waals surface area contributed by atoms with E-state index in [0.717, 1.165) is 26.5 Å². The molecule has 4 nitrogen and oxygen atoms in total. The number of halogens is 3. The van der Waals surface area contributed by atoms with Gasteiger partial charge in [0, 0.05) is 10.6 Å². The van der Waals surface area contributed by atoms with Crippen LogP contribution >= 0.6 is 58.2 Å². The molecule has 0 aliphatic carbocycles. The maximum Gasteiger partial charge on any atom is 0.270 e. The van der Waals surface area contributed by atoms with Crippen LogP contribution in [0.1, 0.15) is 11.1 Å². The van der Waals surface area contributed by atoms with E-state index in [4.69, 9.17) is 33.3 Å². The van der Waals surface area contributed by atoms with E-state index in [1.54, 1.807) is 31.4 Å². The third-order valence-electron chi connectivity index (χ3n) is 4.77. The van der Waals surface area contributed by atoms with Crippen molar-refractivity contribution in [3.8, 4) is 11.5 Å². The largest absolute Gasteiger partial charge is 0.493 e. The molecule has 33 heavy (non-hydrogen) atoms. The molecule has 4 rings (SSSR count). The lowest BCUT2D eigenvalue weighted by Gasteiger charge is -2.15. The van der Waals surface area contributed by atoms with Crippen LogP contribution in [0, 0.1) is 9.39 Å². The first-order valence-corrected chi connectivity index (χ1v) is 12.3. The first-order valence-electron chi connectivity index (χ1n) is 9.65. The van der Waals surface area contributed by atoms with E-state index in [0.29, 0.717) is 21.4 Å². The summed E-state index contributed by atoms with van der Waals surface area (Å²) in [7, 11) is 1.55. The molecule has 0 saturated carbocycles. The van der Waals surface area contributed by atoms with Crippen LogP contribution in [-0.2, 0) is 11.4 Å². The number of thiocarbonyl (C=S) groups is 1. The van der Waals surface area contributed by atoms with Crippen LogP contribution in [0.4, 0.5) is 10.1 Å². The second kappa shape index (κ2) is 10.4. The smallest absolute Gasteiger partial charge is 0.270 e. The summed E-state index contributed by atoms with van der Waals surface area (Å²) in [4.78, 5) is 14.6. The number of amides is 1. The summed E-state index contributed by atoms with van der Waals surface area (Å²) in [5.41, 5.74) is 1.73. The Balaban J connectivity index is 1.60. The van der Waals surface area contributed by atoms with Gasteiger partial charge >= 0.3 is 0 Å². The van der Waals surface area contributed by atoms with Gasteiger partial charge in [-0.15, -0.1) is 0 Å². The first kappa shape index (κ1) is 24.0. The van der Waals surface area contributed by atoms with Gasteiger partial charge < -0.3 is 9.47 Å². The molecule has 0 N–H and O–H groups in total. The van der Waals surface area contributed by atoms with E-state index in [1.165, 1.54) is 17.0 Å². The van der Waals surface area contributed by atoms with Gasteiger partial charge in [0.05, 0.1) is 21.3 Å². The van der Waals surface area contributed by atoms with Crippen LogP contribution in [-0.4, -0.2) is 17.3 Å². The Hall–Kier alpha value is -2.14. The fraction of sp³-hybridized carbons (Fsp3) is 0.0833. The molecule has 1 saturated heterocycles. The van der Waals surface area contributed by atoms with E-state index in [9.17, 15) is 9.18 Å². The normalized spacial score (nSPS) is 14.8. The molecule has 1 fully saturated rings. The average molecular weight is 612 g/mol. The van der Waals surface area contributed by atoms with Crippen LogP contribution in [0.25, 0.3) is 6.08 Å². The molecular formula is C24H16ClFINO3S2. The summed E-state index contributed by atoms with van der Waals surface area (Å²) in [6.45, 7) is 0.284. The topological polar surface area (TPSA) is 38.8 Å². The number of carbonyl (C=O) groups excluding carboxylic acids is 1. The number of methoxy groups -OCH3 is 1. The highest BCUT2D eigenvalue weighted by Gasteiger charge is 2.34. The van der Waals surface area contributed by atoms with E-state index >= 15 is 0 Å². The highest BCUT2D eigenvalue weighted by Crippen LogP contribution is 2.39. The zero-order valence-corrected chi connectivity index (χ0v) is 21.7. The molecule has 0 unspecified atom stereocenters. The number of benzene rings is 3. The lowest BCUT2D eigenvalue weighted by Crippen LogP contribution is -2.28. The maximum atomic E-state index is 14.2. The lowest BCUT2D eigenvalue weighted by atomic mass is 10.1. The van der Waals surface area contributed by atoms with Crippen molar-refractivity contribution >= 4 is 80.2 Å². The second-order valence-corrected chi connectivity index (χ2v) is 10.1. The molecule has 0 spiro atoms. The third kappa shape index (κ3) is 5.18. The summed E-state index contributed by atoms with van der Waals surface area (Å²) >= 11 is 14.8. The SMILES string of the molecule is COc1cc(/C=C2\SC(=S)N(c3ccccc3F)C2=O)cc(I)c1OCc1ccccc1Cl. The number of rotatable bonds is 6. The van der Waals surface area contributed by atoms with Gasteiger partial charge in [-0.1, -0.05) is 65.9 Å². The van der Waals surface area contributed by atoms with Crippen LogP contribution in [0.15, 0.2) is 65.6 Å². The minimum atomic E-state index is -0.508. The van der Waals surface area contributed by atoms with Crippen molar-refractivity contribution in [1.29, 1.82) is 0 Å². The van der Waals surface area contributed by atoms with Crippen molar-refractivity contribution < 1.29 is 18.7 Å². The summed E-state index contributed by atoms with van der Waals surface area (Å²) in [5.74, 6) is 0.216. The van der Waals surface area contributed by atoms with E-state index in [2.05, 4.69) is 22.6 Å². The molecule has 0 bridgehead atoms. The fourth-order valence-electron chi connectivity index (χ4n) is 3.19. The number of hydrogen-bond acceptors (Lipinski definition) is 5. The van der Waals surface area contributed by atoms with Crippen LogP contribution in [0.3, 0.4) is 0 Å². The molecule has 0 aromatic heterocycles. The highest BCUT2D eigenvalue weighted by molar-refractivity contribution is 14.1. The first-order chi connectivity index (χ1) is 15.9. The molecule has 0 atom stereocenters. The number of para-hydroxylation sites is 1. The minimum absolute atomic E-state index is 0.138. The minimum Gasteiger partial charge on any atom is -0.493 e. The lowest BCUT2D eigenvalue weighted by molar-refractivity contribution is -0.113. The third-order valence-corrected chi connectivity index (χ3v) is 7.24. The standard InChI is InChI=1S/C24H16ClFINO3S2/c1-30-20-11-14(10-18(27)22(20)31-13-15-6-2-3-7-16(15)25)12-21-23(29)28(24(32)33-21)19-9-5-4-8-17(19)26/h2-12H,13H2,1H3/b21-12-. The van der Waals surface area contributed by atoms with Crippen molar-refractivity contribution in [2.24, 2.45) is 0 Å². The second-order valence-electron chi connectivity index (χ2n) is 6.88. The maximum absolute atomic E-state index is 14.2. The number of carbonyl (C=O) groups is 1. The van der Waals surface area contributed by atoms with Crippen molar-refractivity contribution in [1.82, 2.24) is 0 Å². The molecule has 3 aromatic carbocycles. The predicted molar refractivity (Wildman–Crippen MR) is 144 cm³/mol. The number of anilines is 1. The van der Waals surface area contributed by atoms with Crippen molar-refractivity contribution in [2.45, 2.75) is 6.61 Å². The summed E-state index contributed by atoms with van der Waals surface area (Å²) in [6, 6.07) is 17.2. The molecule has 168 valence electrons. The Morgan fingerprint density at radius 3 is 2.64 bits per heavy atom. The Morgan fingerprint density at radius 1 is 1.18 bits per heavy atom. The van der Waals surface area contributed by atoms with Crippen molar-refractivity contribution in [2.75, 3.05) is 12.0 Å². The molecule has 1 heterocycles. The Bertz CT molecular complexity index is 1280. The predicted octanol–water partition coefficient (Wildman–Crippen LogP) is 7.08. The van der Waals surface area contributed by atoms with E-state index < -0.39 is 5.82 Å².